The van der Waals surface area contributed by atoms with Crippen molar-refractivity contribution in [2.45, 2.75) is 38.5 Å². The number of halogens is 1. The van der Waals surface area contributed by atoms with Gasteiger partial charge in [-0.15, -0.1) is 0 Å². The molecule has 1 aliphatic heterocycles. The molecule has 2 aliphatic rings. The number of aryl methyl sites for hydroxylation is 1. The molecule has 32 heavy (non-hydrogen) atoms. The summed E-state index contributed by atoms with van der Waals surface area (Å²) in [5, 5.41) is 11.6. The van der Waals surface area contributed by atoms with E-state index in [-0.39, 0.29) is 18.3 Å². The van der Waals surface area contributed by atoms with E-state index in [9.17, 15) is 9.50 Å². The fourth-order valence-electron chi connectivity index (χ4n) is 5.47. The number of aliphatic hydroxyl groups is 1. The van der Waals surface area contributed by atoms with Crippen LogP contribution in [0.15, 0.2) is 66.9 Å². The lowest BCUT2D eigenvalue weighted by atomic mass is 9.83. The molecule has 1 aromatic heterocycles. The number of fused-ring (bicyclic) bond motifs is 1. The van der Waals surface area contributed by atoms with Gasteiger partial charge in [-0.05, 0) is 61.1 Å². The van der Waals surface area contributed by atoms with Crippen molar-refractivity contribution in [1.29, 1.82) is 0 Å². The maximum atomic E-state index is 13.8. The van der Waals surface area contributed by atoms with Crippen LogP contribution in [0.25, 0.3) is 0 Å². The van der Waals surface area contributed by atoms with Gasteiger partial charge in [0.05, 0.1) is 5.69 Å². The summed E-state index contributed by atoms with van der Waals surface area (Å²) in [5.74, 6) is 1.21. The molecule has 1 saturated heterocycles. The van der Waals surface area contributed by atoms with Gasteiger partial charge in [-0.2, -0.15) is 0 Å². The quantitative estimate of drug-likeness (QED) is 0.606. The van der Waals surface area contributed by atoms with Crippen LogP contribution in [0.1, 0.15) is 35.2 Å². The Morgan fingerprint density at radius 1 is 1.09 bits per heavy atom. The standard InChI is InChI=1S/C27H29FN2O2/c1-19-5-4-14-29-26(19)27(31)13-12-21-16-30(17-24(21)27)15-20-8-10-23(11-9-20)32-18-22-6-2-3-7-25(22)28/h2-11,14,21,24,31H,12-13,15-18H2,1H3/t21-,24+,27-/m0/s1. The van der Waals surface area contributed by atoms with Gasteiger partial charge in [-0.3, -0.25) is 9.88 Å². The Morgan fingerprint density at radius 3 is 2.69 bits per heavy atom. The van der Waals surface area contributed by atoms with E-state index in [1.165, 1.54) is 11.6 Å². The first-order valence-electron chi connectivity index (χ1n) is 11.3. The second kappa shape index (κ2) is 8.64. The van der Waals surface area contributed by atoms with Gasteiger partial charge in [-0.25, -0.2) is 4.39 Å². The Labute approximate surface area is 188 Å². The van der Waals surface area contributed by atoms with Crippen LogP contribution in [0.3, 0.4) is 0 Å². The van der Waals surface area contributed by atoms with Crippen LogP contribution in [-0.2, 0) is 18.8 Å². The summed E-state index contributed by atoms with van der Waals surface area (Å²) in [6.45, 7) is 4.98. The average Bonchev–Trinajstić information content (AvgIpc) is 3.34. The van der Waals surface area contributed by atoms with Crippen molar-refractivity contribution in [2.75, 3.05) is 13.1 Å². The number of nitrogens with zero attached hydrogens (tertiary/aromatic N) is 2. The number of hydrogen-bond donors (Lipinski definition) is 1. The zero-order valence-electron chi connectivity index (χ0n) is 18.4. The van der Waals surface area contributed by atoms with Crippen LogP contribution in [0, 0.1) is 24.6 Å². The van der Waals surface area contributed by atoms with Crippen LogP contribution in [0.4, 0.5) is 4.39 Å². The number of ether oxygens (including phenoxy) is 1. The Hall–Kier alpha value is -2.76. The highest BCUT2D eigenvalue weighted by atomic mass is 19.1. The Bertz CT molecular complexity index is 1090. The van der Waals surface area contributed by atoms with Gasteiger partial charge in [0.2, 0.25) is 0 Å². The third-order valence-corrected chi connectivity index (χ3v) is 7.13. The first-order valence-corrected chi connectivity index (χ1v) is 11.3. The molecule has 2 aromatic carbocycles. The van der Waals surface area contributed by atoms with Crippen molar-refractivity contribution >= 4 is 0 Å². The Morgan fingerprint density at radius 2 is 1.91 bits per heavy atom. The van der Waals surface area contributed by atoms with Gasteiger partial charge in [-0.1, -0.05) is 36.4 Å². The van der Waals surface area contributed by atoms with Crippen LogP contribution in [0.5, 0.6) is 5.75 Å². The van der Waals surface area contributed by atoms with E-state index in [2.05, 4.69) is 22.0 Å². The summed E-state index contributed by atoms with van der Waals surface area (Å²) < 4.78 is 19.5. The van der Waals surface area contributed by atoms with Crippen molar-refractivity contribution in [1.82, 2.24) is 9.88 Å². The summed E-state index contributed by atoms with van der Waals surface area (Å²) in [6.07, 6.45) is 3.62. The molecule has 4 nitrogen and oxygen atoms in total. The molecule has 0 radical (unpaired) electrons. The smallest absolute Gasteiger partial charge is 0.129 e. The fraction of sp³-hybridized carbons (Fsp3) is 0.370. The van der Waals surface area contributed by atoms with Gasteiger partial charge >= 0.3 is 0 Å². The SMILES string of the molecule is Cc1cccnc1[C@]1(O)CC[C@H]2CN(Cc3ccc(OCc4ccccc4F)cc3)C[C@H]21. The van der Waals surface area contributed by atoms with Gasteiger partial charge in [0, 0.05) is 37.3 Å². The Kier molecular flexibility index (Phi) is 5.70. The highest BCUT2D eigenvalue weighted by molar-refractivity contribution is 5.29. The zero-order valence-corrected chi connectivity index (χ0v) is 18.4. The van der Waals surface area contributed by atoms with E-state index in [1.54, 1.807) is 18.3 Å². The van der Waals surface area contributed by atoms with Gasteiger partial charge < -0.3 is 9.84 Å². The summed E-state index contributed by atoms with van der Waals surface area (Å²) in [5.41, 5.74) is 2.86. The molecule has 3 atom stereocenters. The molecule has 0 spiro atoms. The second-order valence-corrected chi connectivity index (χ2v) is 9.22. The van der Waals surface area contributed by atoms with Gasteiger partial charge in [0.1, 0.15) is 23.8 Å². The van der Waals surface area contributed by atoms with Crippen molar-refractivity contribution in [3.8, 4) is 5.75 Å². The van der Waals surface area contributed by atoms with Crippen molar-refractivity contribution < 1.29 is 14.2 Å². The van der Waals surface area contributed by atoms with Crippen LogP contribution in [0.2, 0.25) is 0 Å². The normalized spacial score (nSPS) is 25.1. The number of hydrogen-bond acceptors (Lipinski definition) is 4. The molecule has 166 valence electrons. The lowest BCUT2D eigenvalue weighted by Gasteiger charge is -2.31. The first-order chi connectivity index (χ1) is 15.5. The van der Waals surface area contributed by atoms with Crippen molar-refractivity contribution in [3.05, 3.63) is 95.1 Å². The van der Waals surface area contributed by atoms with E-state index in [0.29, 0.717) is 11.5 Å². The third-order valence-electron chi connectivity index (χ3n) is 7.13. The van der Waals surface area contributed by atoms with Crippen molar-refractivity contribution in [3.63, 3.8) is 0 Å². The highest BCUT2D eigenvalue weighted by Crippen LogP contribution is 2.50. The number of benzene rings is 2. The molecule has 1 saturated carbocycles. The summed E-state index contributed by atoms with van der Waals surface area (Å²) in [6, 6.07) is 18.7. The molecule has 3 aromatic rings. The predicted molar refractivity (Wildman–Crippen MR) is 122 cm³/mol. The minimum atomic E-state index is -0.824. The van der Waals surface area contributed by atoms with E-state index < -0.39 is 5.60 Å². The highest BCUT2D eigenvalue weighted by Gasteiger charge is 2.53. The van der Waals surface area contributed by atoms with Crippen LogP contribution in [-0.4, -0.2) is 28.1 Å². The minimum absolute atomic E-state index is 0.215. The van der Waals surface area contributed by atoms with E-state index in [1.807, 2.05) is 37.3 Å². The molecule has 1 N–H and O–H groups in total. The molecule has 2 fully saturated rings. The monoisotopic (exact) mass is 432 g/mol. The topological polar surface area (TPSA) is 45.6 Å². The zero-order chi connectivity index (χ0) is 22.1. The van der Waals surface area contributed by atoms with Gasteiger partial charge in [0.25, 0.3) is 0 Å². The van der Waals surface area contributed by atoms with Crippen LogP contribution < -0.4 is 4.74 Å². The number of likely N-dealkylation sites (tertiary alicyclic amines) is 1. The largest absolute Gasteiger partial charge is 0.489 e. The van der Waals surface area contributed by atoms with E-state index in [4.69, 9.17) is 4.74 Å². The maximum Gasteiger partial charge on any atom is 0.129 e. The molecule has 5 rings (SSSR count). The summed E-state index contributed by atoms with van der Waals surface area (Å²) in [7, 11) is 0. The first kappa shape index (κ1) is 21.1. The molecule has 0 amide bonds. The minimum Gasteiger partial charge on any atom is -0.489 e. The molecule has 1 aliphatic carbocycles. The van der Waals surface area contributed by atoms with Crippen LogP contribution >= 0.6 is 0 Å². The predicted octanol–water partition coefficient (Wildman–Crippen LogP) is 4.84. The van der Waals surface area contributed by atoms with Crippen molar-refractivity contribution in [2.24, 2.45) is 11.8 Å². The lowest BCUT2D eigenvalue weighted by molar-refractivity contribution is -0.0114. The fourth-order valence-corrected chi connectivity index (χ4v) is 5.47. The molecule has 0 unspecified atom stereocenters. The average molecular weight is 433 g/mol. The molecule has 2 heterocycles. The summed E-state index contributed by atoms with van der Waals surface area (Å²) in [4.78, 5) is 6.99. The molecular weight excluding hydrogens is 403 g/mol. The summed E-state index contributed by atoms with van der Waals surface area (Å²) >= 11 is 0. The van der Waals surface area contributed by atoms with E-state index in [0.717, 1.165) is 49.5 Å². The number of rotatable bonds is 6. The maximum absolute atomic E-state index is 13.8. The lowest BCUT2D eigenvalue weighted by Crippen LogP contribution is -2.36. The number of aromatic nitrogens is 1. The number of pyridine rings is 1. The molecule has 5 heteroatoms. The van der Waals surface area contributed by atoms with E-state index >= 15 is 0 Å². The molecule has 0 bridgehead atoms. The molecular formula is C27H29FN2O2. The Balaban J connectivity index is 1.21. The van der Waals surface area contributed by atoms with Gasteiger partial charge in [0.15, 0.2) is 0 Å². The second-order valence-electron chi connectivity index (χ2n) is 9.22. The third kappa shape index (κ3) is 4.03.